The van der Waals surface area contributed by atoms with Gasteiger partial charge >= 0.3 is 0 Å². The number of fused-ring (bicyclic) bond motifs is 1. The fourth-order valence-electron chi connectivity index (χ4n) is 3.40. The van der Waals surface area contributed by atoms with Gasteiger partial charge in [0.05, 0.1) is 18.3 Å². The molecule has 0 saturated heterocycles. The Kier molecular flexibility index (Phi) is 6.31. The first-order valence-corrected chi connectivity index (χ1v) is 12.0. The number of sulfonamides is 1. The molecule has 2 aromatic carbocycles. The van der Waals surface area contributed by atoms with E-state index >= 15 is 0 Å². The molecule has 0 spiro atoms. The zero-order chi connectivity index (χ0) is 22.6. The third-order valence-electron chi connectivity index (χ3n) is 5.04. The maximum atomic E-state index is 12.3. The summed E-state index contributed by atoms with van der Waals surface area (Å²) in [5, 5.41) is 2.88. The number of amides is 1. The monoisotopic (exact) mass is 456 g/mol. The number of imidazole rings is 1. The normalized spacial score (nSPS) is 12.5. The summed E-state index contributed by atoms with van der Waals surface area (Å²) < 4.78 is 38.3. The molecule has 0 unspecified atom stereocenters. The van der Waals surface area contributed by atoms with Crippen LogP contribution in [0.5, 0.6) is 11.5 Å². The quantitative estimate of drug-likeness (QED) is 0.531. The Bertz CT molecular complexity index is 1180. The van der Waals surface area contributed by atoms with Crippen molar-refractivity contribution in [2.75, 3.05) is 23.9 Å². The number of aromatic nitrogens is 2. The van der Waals surface area contributed by atoms with Crippen LogP contribution in [0.2, 0.25) is 0 Å². The van der Waals surface area contributed by atoms with Gasteiger partial charge in [0.15, 0.2) is 11.5 Å². The number of carbonyl (C=O) groups is 1. The first-order valence-electron chi connectivity index (χ1n) is 10.1. The van der Waals surface area contributed by atoms with Crippen LogP contribution in [0.4, 0.5) is 5.69 Å². The average molecular weight is 457 g/mol. The Morgan fingerprint density at radius 1 is 1.16 bits per heavy atom. The molecule has 1 N–H and O–H groups in total. The highest BCUT2D eigenvalue weighted by atomic mass is 32.2. The minimum atomic E-state index is -3.51. The molecule has 1 amide bonds. The molecule has 4 rings (SSSR count). The number of hydrogen-bond acceptors (Lipinski definition) is 6. The molecular formula is C22H24N4O5S. The molecule has 0 bridgehead atoms. The van der Waals surface area contributed by atoms with Crippen molar-refractivity contribution in [1.82, 2.24) is 14.9 Å². The molecule has 0 saturated carbocycles. The van der Waals surface area contributed by atoms with Crippen molar-refractivity contribution < 1.29 is 22.7 Å². The van der Waals surface area contributed by atoms with E-state index in [1.54, 1.807) is 30.7 Å². The molecule has 10 heteroatoms. The molecular weight excluding hydrogens is 432 g/mol. The lowest BCUT2D eigenvalue weighted by atomic mass is 10.2. The summed E-state index contributed by atoms with van der Waals surface area (Å²) in [4.78, 5) is 16.3. The fourth-order valence-corrected chi connectivity index (χ4v) is 4.35. The molecule has 1 aliphatic rings. The van der Waals surface area contributed by atoms with Crippen molar-refractivity contribution in [2.24, 2.45) is 0 Å². The lowest BCUT2D eigenvalue weighted by Gasteiger charge is -2.22. The first kappa shape index (κ1) is 21.7. The smallest absolute Gasteiger partial charge is 0.232 e. The molecule has 0 radical (unpaired) electrons. The molecule has 2 heterocycles. The molecule has 168 valence electrons. The number of benzene rings is 2. The summed E-state index contributed by atoms with van der Waals surface area (Å²) in [5.74, 6) is 0.954. The minimum Gasteiger partial charge on any atom is -0.454 e. The van der Waals surface area contributed by atoms with Gasteiger partial charge < -0.3 is 19.4 Å². The molecule has 9 nitrogen and oxygen atoms in total. The zero-order valence-corrected chi connectivity index (χ0v) is 18.4. The van der Waals surface area contributed by atoms with Gasteiger partial charge in [-0.2, -0.15) is 0 Å². The highest BCUT2D eigenvalue weighted by Crippen LogP contribution is 2.36. The van der Waals surface area contributed by atoms with Crippen LogP contribution in [0.15, 0.2) is 61.2 Å². The van der Waals surface area contributed by atoms with Crippen LogP contribution in [0, 0.1) is 0 Å². The number of anilines is 1. The molecule has 0 aliphatic carbocycles. The lowest BCUT2D eigenvalue weighted by Crippen LogP contribution is -2.32. The summed E-state index contributed by atoms with van der Waals surface area (Å²) >= 11 is 0. The Morgan fingerprint density at radius 3 is 2.66 bits per heavy atom. The van der Waals surface area contributed by atoms with Gasteiger partial charge in [0.1, 0.15) is 0 Å². The second-order valence-electron chi connectivity index (χ2n) is 7.39. The maximum Gasteiger partial charge on any atom is 0.232 e. The van der Waals surface area contributed by atoms with Crippen LogP contribution in [-0.2, 0) is 21.4 Å². The number of ether oxygens (including phenoxy) is 2. The number of nitrogens with zero attached hydrogens (tertiary/aromatic N) is 3. The summed E-state index contributed by atoms with van der Waals surface area (Å²) in [6, 6.07) is 12.8. The van der Waals surface area contributed by atoms with Crippen molar-refractivity contribution in [1.29, 1.82) is 0 Å². The van der Waals surface area contributed by atoms with Crippen molar-refractivity contribution in [3.05, 3.63) is 66.7 Å². The standard InChI is InChI=1S/C22H24N4O5S/c1-32(28,29)26(19-8-9-20-21(13-19)31-16-30-20)11-2-3-22(27)24-14-17-4-6-18(7-5-17)25-12-10-23-15-25/h4-10,12-13,15H,2-3,11,14,16H2,1H3,(H,24,27). The highest BCUT2D eigenvalue weighted by molar-refractivity contribution is 7.92. The van der Waals surface area contributed by atoms with Crippen LogP contribution in [0.25, 0.3) is 5.69 Å². The predicted molar refractivity (Wildman–Crippen MR) is 119 cm³/mol. The van der Waals surface area contributed by atoms with Crippen molar-refractivity contribution in [2.45, 2.75) is 19.4 Å². The maximum absolute atomic E-state index is 12.3. The number of nitrogens with one attached hydrogen (secondary N) is 1. The predicted octanol–water partition coefficient (Wildman–Crippen LogP) is 2.46. The van der Waals surface area contributed by atoms with Gasteiger partial charge in [0, 0.05) is 43.7 Å². The topological polar surface area (TPSA) is 103 Å². The molecule has 1 aliphatic heterocycles. The van der Waals surface area contributed by atoms with Crippen LogP contribution >= 0.6 is 0 Å². The van der Waals surface area contributed by atoms with E-state index in [4.69, 9.17) is 9.47 Å². The van der Waals surface area contributed by atoms with E-state index in [1.807, 2.05) is 35.0 Å². The second-order valence-corrected chi connectivity index (χ2v) is 9.30. The van der Waals surface area contributed by atoms with E-state index in [9.17, 15) is 13.2 Å². The Balaban J connectivity index is 1.28. The van der Waals surface area contributed by atoms with Crippen LogP contribution in [-0.4, -0.2) is 43.5 Å². The van der Waals surface area contributed by atoms with Crippen molar-refractivity contribution in [3.63, 3.8) is 0 Å². The SMILES string of the molecule is CS(=O)(=O)N(CCCC(=O)NCc1ccc(-n2ccnc2)cc1)c1ccc2c(c1)OCO2. The third-order valence-corrected chi connectivity index (χ3v) is 6.23. The molecule has 0 fully saturated rings. The molecule has 1 aromatic heterocycles. The van der Waals surface area contributed by atoms with Crippen molar-refractivity contribution >= 4 is 21.6 Å². The number of carbonyl (C=O) groups excluding carboxylic acids is 1. The Labute approximate surface area is 186 Å². The number of hydrogen-bond donors (Lipinski definition) is 1. The lowest BCUT2D eigenvalue weighted by molar-refractivity contribution is -0.121. The zero-order valence-electron chi connectivity index (χ0n) is 17.6. The van der Waals surface area contributed by atoms with E-state index in [0.29, 0.717) is 30.2 Å². The third kappa shape index (κ3) is 5.20. The minimum absolute atomic E-state index is 0.115. The Hall–Kier alpha value is -3.53. The van der Waals surface area contributed by atoms with Gasteiger partial charge in [-0.1, -0.05) is 12.1 Å². The van der Waals surface area contributed by atoms with Gasteiger partial charge in [0.2, 0.25) is 22.7 Å². The average Bonchev–Trinajstić information content (AvgIpc) is 3.46. The summed E-state index contributed by atoms with van der Waals surface area (Å²) in [5.41, 5.74) is 2.44. The molecule has 0 atom stereocenters. The molecule has 3 aromatic rings. The summed E-state index contributed by atoms with van der Waals surface area (Å²) in [6.45, 7) is 0.705. The van der Waals surface area contributed by atoms with Crippen LogP contribution in [0.1, 0.15) is 18.4 Å². The summed E-state index contributed by atoms with van der Waals surface area (Å²) in [6.07, 6.45) is 7.04. The Morgan fingerprint density at radius 2 is 1.94 bits per heavy atom. The van der Waals surface area contributed by atoms with Gasteiger partial charge in [0.25, 0.3) is 0 Å². The first-order chi connectivity index (χ1) is 15.4. The fraction of sp³-hybridized carbons (Fsp3) is 0.273. The number of rotatable bonds is 9. The van der Waals surface area contributed by atoms with Crippen LogP contribution in [0.3, 0.4) is 0 Å². The van der Waals surface area contributed by atoms with E-state index in [1.165, 1.54) is 4.31 Å². The van der Waals surface area contributed by atoms with E-state index < -0.39 is 10.0 Å². The van der Waals surface area contributed by atoms with E-state index in [2.05, 4.69) is 10.3 Å². The van der Waals surface area contributed by atoms with E-state index in [-0.39, 0.29) is 25.7 Å². The van der Waals surface area contributed by atoms with Gasteiger partial charge in [-0.15, -0.1) is 0 Å². The highest BCUT2D eigenvalue weighted by Gasteiger charge is 2.21. The van der Waals surface area contributed by atoms with E-state index in [0.717, 1.165) is 17.5 Å². The van der Waals surface area contributed by atoms with Gasteiger partial charge in [-0.3, -0.25) is 9.10 Å². The molecule has 32 heavy (non-hydrogen) atoms. The second kappa shape index (κ2) is 9.31. The van der Waals surface area contributed by atoms with Gasteiger partial charge in [-0.25, -0.2) is 13.4 Å². The largest absolute Gasteiger partial charge is 0.454 e. The summed E-state index contributed by atoms with van der Waals surface area (Å²) in [7, 11) is -3.51. The van der Waals surface area contributed by atoms with Crippen molar-refractivity contribution in [3.8, 4) is 17.2 Å². The van der Waals surface area contributed by atoms with Gasteiger partial charge in [-0.05, 0) is 36.2 Å². The van der Waals surface area contributed by atoms with Crippen LogP contribution < -0.4 is 19.1 Å².